The van der Waals surface area contributed by atoms with Gasteiger partial charge in [-0.05, 0) is 24.6 Å². The summed E-state index contributed by atoms with van der Waals surface area (Å²) in [5, 5.41) is 52.6. The van der Waals surface area contributed by atoms with Gasteiger partial charge in [0, 0.05) is 28.7 Å². The molecule has 2 heterocycles. The molecule has 3 rings (SSSR count). The van der Waals surface area contributed by atoms with Crippen LogP contribution < -0.4 is 0 Å². The van der Waals surface area contributed by atoms with Crippen LogP contribution in [0.5, 0.6) is 0 Å². The number of aromatic nitrogens is 2. The van der Waals surface area contributed by atoms with E-state index in [1.165, 1.54) is 20.0 Å². The lowest BCUT2D eigenvalue weighted by Crippen LogP contribution is -2.55. The van der Waals surface area contributed by atoms with Gasteiger partial charge < -0.3 is 20.4 Å². The Kier molecular flexibility index (Phi) is 6.04. The zero-order valence-corrected chi connectivity index (χ0v) is 17.4. The number of nitrogens with zero attached hydrogens (tertiary/aromatic N) is 3. The molecular weight excluding hydrogens is 422 g/mol. The third kappa shape index (κ3) is 3.71. The van der Waals surface area contributed by atoms with Crippen LogP contribution in [0, 0.1) is 22.0 Å². The molecule has 1 aliphatic carbocycles. The van der Waals surface area contributed by atoms with Gasteiger partial charge >= 0.3 is 11.9 Å². The Hall–Kier alpha value is -3.73. The van der Waals surface area contributed by atoms with Crippen molar-refractivity contribution in [1.29, 1.82) is 0 Å². The first-order valence-electron chi connectivity index (χ1n) is 9.85. The molecule has 0 saturated carbocycles. The Morgan fingerprint density at radius 3 is 2.50 bits per heavy atom. The van der Waals surface area contributed by atoms with Crippen molar-refractivity contribution in [3.63, 3.8) is 0 Å². The molecule has 1 aliphatic rings. The van der Waals surface area contributed by atoms with Crippen LogP contribution in [0.1, 0.15) is 32.4 Å². The average Bonchev–Trinajstić information content (AvgIpc) is 3.16. The summed E-state index contributed by atoms with van der Waals surface area (Å²) in [5.41, 5.74) is -1.57. The van der Waals surface area contributed by atoms with E-state index in [0.717, 1.165) is 6.08 Å². The van der Waals surface area contributed by atoms with Crippen molar-refractivity contribution in [3.8, 4) is 0 Å². The molecule has 4 N–H and O–H groups in total. The number of hydrogen-bond donors (Lipinski definition) is 4. The van der Waals surface area contributed by atoms with Crippen molar-refractivity contribution >= 4 is 23.2 Å². The van der Waals surface area contributed by atoms with Crippen LogP contribution >= 0.6 is 0 Å². The van der Waals surface area contributed by atoms with Crippen LogP contribution in [-0.2, 0) is 9.59 Å². The molecule has 11 nitrogen and oxygen atoms in total. The van der Waals surface area contributed by atoms with Crippen LogP contribution in [0.2, 0.25) is 0 Å². The van der Waals surface area contributed by atoms with Gasteiger partial charge in [0.05, 0.1) is 23.7 Å². The maximum absolute atomic E-state index is 12.4. The standard InChI is InChI=1S/C21H23N3O8/c1-11(19(27)28)7-14-13(15-10-22-17-5-3-4-6-23(15)17)8-16(25)18(26)21(14,24(31)32)9-12(2)20(29)30/h3-6,8,10-12,18,25-26H,7,9H2,1-2H3,(H,27,28)(H,29,30). The number of carbonyl (C=O) groups is 2. The summed E-state index contributed by atoms with van der Waals surface area (Å²) in [6.45, 7) is 2.61. The largest absolute Gasteiger partial charge is 0.509 e. The Labute approximate surface area is 182 Å². The Morgan fingerprint density at radius 2 is 1.91 bits per heavy atom. The zero-order valence-electron chi connectivity index (χ0n) is 17.4. The molecule has 2 aromatic heterocycles. The third-order valence-corrected chi connectivity index (χ3v) is 5.86. The molecule has 0 radical (unpaired) electrons. The summed E-state index contributed by atoms with van der Waals surface area (Å²) in [5.74, 6) is -5.60. The summed E-state index contributed by atoms with van der Waals surface area (Å²) < 4.78 is 1.60. The second-order valence-electron chi connectivity index (χ2n) is 8.00. The smallest absolute Gasteiger partial charge is 0.306 e. The van der Waals surface area contributed by atoms with E-state index in [1.54, 1.807) is 28.8 Å². The van der Waals surface area contributed by atoms with Gasteiger partial charge in [-0.2, -0.15) is 0 Å². The first kappa shape index (κ1) is 22.9. The van der Waals surface area contributed by atoms with Crippen molar-refractivity contribution in [1.82, 2.24) is 9.38 Å². The second-order valence-corrected chi connectivity index (χ2v) is 8.00. The number of rotatable bonds is 8. The fourth-order valence-electron chi connectivity index (χ4n) is 4.07. The van der Waals surface area contributed by atoms with Crippen LogP contribution in [0.25, 0.3) is 11.2 Å². The van der Waals surface area contributed by atoms with Gasteiger partial charge in [0.25, 0.3) is 5.54 Å². The molecule has 11 heteroatoms. The van der Waals surface area contributed by atoms with Crippen molar-refractivity contribution in [3.05, 3.63) is 63.8 Å². The molecule has 0 spiro atoms. The number of aliphatic carboxylic acids is 2. The summed E-state index contributed by atoms with van der Waals surface area (Å²) in [6, 6.07) is 5.13. The van der Waals surface area contributed by atoms with Gasteiger partial charge in [-0.15, -0.1) is 0 Å². The van der Waals surface area contributed by atoms with Crippen molar-refractivity contribution in [2.24, 2.45) is 11.8 Å². The van der Waals surface area contributed by atoms with Gasteiger partial charge in [-0.3, -0.25) is 24.1 Å². The number of imidazole rings is 1. The number of carboxylic acid groups (broad SMARTS) is 2. The highest BCUT2D eigenvalue weighted by molar-refractivity contribution is 5.81. The molecule has 4 atom stereocenters. The number of allylic oxidation sites excluding steroid dienone is 2. The molecule has 170 valence electrons. The minimum Gasteiger partial charge on any atom is -0.509 e. The Bertz CT molecular complexity index is 1150. The van der Waals surface area contributed by atoms with Crippen LogP contribution in [0.4, 0.5) is 0 Å². The van der Waals surface area contributed by atoms with Gasteiger partial charge in [-0.1, -0.05) is 19.9 Å². The van der Waals surface area contributed by atoms with Crippen molar-refractivity contribution in [2.75, 3.05) is 0 Å². The minimum absolute atomic E-state index is 0.0820. The molecule has 0 bridgehead atoms. The van der Waals surface area contributed by atoms with Gasteiger partial charge in [0.15, 0.2) is 6.10 Å². The predicted molar refractivity (Wildman–Crippen MR) is 111 cm³/mol. The lowest BCUT2D eigenvalue weighted by molar-refractivity contribution is -0.572. The maximum atomic E-state index is 12.4. The molecule has 0 aromatic carbocycles. The van der Waals surface area contributed by atoms with Crippen LogP contribution in [0.3, 0.4) is 0 Å². The summed E-state index contributed by atoms with van der Waals surface area (Å²) in [6.07, 6.45) is 1.15. The lowest BCUT2D eigenvalue weighted by atomic mass is 9.69. The number of hydrogen-bond acceptors (Lipinski definition) is 7. The van der Waals surface area contributed by atoms with E-state index in [9.17, 15) is 40.1 Å². The average molecular weight is 445 g/mol. The number of carboxylic acids is 2. The Morgan fingerprint density at radius 1 is 1.25 bits per heavy atom. The van der Waals surface area contributed by atoms with E-state index in [0.29, 0.717) is 11.3 Å². The van der Waals surface area contributed by atoms with Crippen LogP contribution in [0.15, 0.2) is 48.0 Å². The van der Waals surface area contributed by atoms with Gasteiger partial charge in [0.2, 0.25) is 0 Å². The highest BCUT2D eigenvalue weighted by atomic mass is 16.6. The number of aliphatic hydroxyl groups is 2. The Balaban J connectivity index is 2.37. The fourth-order valence-corrected chi connectivity index (χ4v) is 4.07. The quantitative estimate of drug-likeness (QED) is 0.350. The molecule has 4 unspecified atom stereocenters. The molecular formula is C21H23N3O8. The SMILES string of the molecule is CC(CC1=C(c2cnc3ccccn23)C=C(O)C(O)C1(CC(C)C(=O)O)[N+](=O)[O-])C(=O)O. The van der Waals surface area contributed by atoms with E-state index in [4.69, 9.17) is 0 Å². The van der Waals surface area contributed by atoms with E-state index in [-0.39, 0.29) is 17.6 Å². The highest BCUT2D eigenvalue weighted by Gasteiger charge is 2.59. The number of nitro groups is 1. The number of pyridine rings is 1. The van der Waals surface area contributed by atoms with E-state index in [1.807, 2.05) is 0 Å². The lowest BCUT2D eigenvalue weighted by Gasteiger charge is -2.37. The predicted octanol–water partition coefficient (Wildman–Crippen LogP) is 2.14. The maximum Gasteiger partial charge on any atom is 0.306 e. The van der Waals surface area contributed by atoms with Crippen LogP contribution in [-0.4, -0.2) is 58.3 Å². The first-order valence-corrected chi connectivity index (χ1v) is 9.85. The minimum atomic E-state index is -2.45. The monoisotopic (exact) mass is 445 g/mol. The first-order chi connectivity index (χ1) is 15.0. The topological polar surface area (TPSA) is 176 Å². The van der Waals surface area contributed by atoms with Gasteiger partial charge in [0.1, 0.15) is 11.4 Å². The zero-order chi connectivity index (χ0) is 23.8. The van der Waals surface area contributed by atoms with Crippen molar-refractivity contribution in [2.45, 2.75) is 38.3 Å². The van der Waals surface area contributed by atoms with E-state index >= 15 is 0 Å². The third-order valence-electron chi connectivity index (χ3n) is 5.86. The van der Waals surface area contributed by atoms with Crippen molar-refractivity contribution < 1.29 is 34.9 Å². The summed E-state index contributed by atoms with van der Waals surface area (Å²) >= 11 is 0. The van der Waals surface area contributed by atoms with E-state index < -0.39 is 52.5 Å². The second kappa shape index (κ2) is 8.42. The van der Waals surface area contributed by atoms with Gasteiger partial charge in [-0.25, -0.2) is 4.98 Å². The number of fused-ring (bicyclic) bond motifs is 1. The summed E-state index contributed by atoms with van der Waals surface area (Å²) in [7, 11) is 0. The molecule has 32 heavy (non-hydrogen) atoms. The fraction of sp³-hybridized carbons (Fsp3) is 0.381. The molecule has 0 aliphatic heterocycles. The van der Waals surface area contributed by atoms with E-state index in [2.05, 4.69) is 4.98 Å². The molecule has 0 fully saturated rings. The molecule has 2 aromatic rings. The molecule has 0 amide bonds. The normalized spacial score (nSPS) is 23.0. The number of aliphatic hydroxyl groups excluding tert-OH is 2. The molecule has 0 saturated heterocycles. The highest BCUT2D eigenvalue weighted by Crippen LogP contribution is 2.45. The summed E-state index contributed by atoms with van der Waals surface area (Å²) in [4.78, 5) is 39.0.